The van der Waals surface area contributed by atoms with E-state index in [4.69, 9.17) is 4.74 Å². The maximum atomic E-state index is 14.9. The van der Waals surface area contributed by atoms with Gasteiger partial charge in [0.05, 0.1) is 12.2 Å². The molecule has 4 aromatic rings. The van der Waals surface area contributed by atoms with E-state index < -0.39 is 17.7 Å². The van der Waals surface area contributed by atoms with Crippen LogP contribution in [0.25, 0.3) is 22.6 Å². The van der Waals surface area contributed by atoms with E-state index in [2.05, 4.69) is 25.5 Å². The highest BCUT2D eigenvalue weighted by molar-refractivity contribution is 6.06. The predicted octanol–water partition coefficient (Wildman–Crippen LogP) is 4.11. The second kappa shape index (κ2) is 8.73. The van der Waals surface area contributed by atoms with Crippen LogP contribution in [0.3, 0.4) is 0 Å². The lowest BCUT2D eigenvalue weighted by atomic mass is 10.0. The van der Waals surface area contributed by atoms with Crippen molar-refractivity contribution in [1.82, 2.24) is 24.7 Å². The molecule has 5 rings (SSSR count). The molecular weight excluding hydrogens is 430 g/mol. The third-order valence-electron chi connectivity index (χ3n) is 5.24. The molecule has 1 aliphatic rings. The molecule has 0 spiro atoms. The van der Waals surface area contributed by atoms with Gasteiger partial charge in [-0.25, -0.2) is 14.4 Å². The van der Waals surface area contributed by atoms with Gasteiger partial charge in [0.25, 0.3) is 5.91 Å². The van der Waals surface area contributed by atoms with Crippen molar-refractivity contribution >= 4 is 11.7 Å². The maximum absolute atomic E-state index is 14.9. The van der Waals surface area contributed by atoms with Gasteiger partial charge in [0.1, 0.15) is 29.4 Å². The topological polar surface area (TPSA) is 94.8 Å². The Bertz CT molecular complexity index is 1320. The summed E-state index contributed by atoms with van der Waals surface area (Å²) >= 11 is 0. The summed E-state index contributed by atoms with van der Waals surface area (Å²) in [5.74, 6) is -0.806. The van der Waals surface area contributed by atoms with Crippen molar-refractivity contribution in [2.24, 2.45) is 0 Å². The number of hydrogen-bond donors (Lipinski definition) is 1. The largest absolute Gasteiger partial charge is 0.493 e. The number of aryl methyl sites for hydroxylation is 1. The number of benzene rings is 1. The van der Waals surface area contributed by atoms with Crippen LogP contribution in [0.5, 0.6) is 5.75 Å². The highest BCUT2D eigenvalue weighted by Gasteiger charge is 2.20. The van der Waals surface area contributed by atoms with Gasteiger partial charge in [-0.15, -0.1) is 10.2 Å². The van der Waals surface area contributed by atoms with Gasteiger partial charge in [0.15, 0.2) is 5.82 Å². The van der Waals surface area contributed by atoms with Crippen molar-refractivity contribution in [3.63, 3.8) is 0 Å². The van der Waals surface area contributed by atoms with Gasteiger partial charge in [-0.2, -0.15) is 4.39 Å². The van der Waals surface area contributed by atoms with Crippen molar-refractivity contribution in [3.05, 3.63) is 72.3 Å². The van der Waals surface area contributed by atoms with Crippen LogP contribution in [0.4, 0.5) is 14.6 Å². The van der Waals surface area contributed by atoms with E-state index in [1.807, 2.05) is 4.57 Å². The van der Waals surface area contributed by atoms with Crippen molar-refractivity contribution in [3.8, 4) is 28.4 Å². The second-order valence-corrected chi connectivity index (χ2v) is 7.46. The highest BCUT2D eigenvalue weighted by atomic mass is 19.1. The summed E-state index contributed by atoms with van der Waals surface area (Å²) in [5, 5.41) is 10.9. The number of halogens is 2. The molecular formula is C23H18F2N6O2. The minimum Gasteiger partial charge on any atom is -0.493 e. The van der Waals surface area contributed by atoms with Gasteiger partial charge in [-0.1, -0.05) is 6.07 Å². The minimum atomic E-state index is -0.680. The summed E-state index contributed by atoms with van der Waals surface area (Å²) in [6.45, 7) is 0.944. The third kappa shape index (κ3) is 4.27. The van der Waals surface area contributed by atoms with E-state index in [1.54, 1.807) is 24.5 Å². The van der Waals surface area contributed by atoms with Gasteiger partial charge in [0, 0.05) is 29.9 Å². The van der Waals surface area contributed by atoms with Crippen LogP contribution in [0.2, 0.25) is 0 Å². The van der Waals surface area contributed by atoms with E-state index in [1.165, 1.54) is 24.4 Å². The average molecular weight is 448 g/mol. The number of fused-ring (bicyclic) bond motifs is 5. The molecule has 0 atom stereocenters. The van der Waals surface area contributed by atoms with E-state index in [0.717, 1.165) is 12.5 Å². The molecule has 8 nitrogen and oxygen atoms in total. The Morgan fingerprint density at radius 3 is 2.82 bits per heavy atom. The van der Waals surface area contributed by atoms with Crippen molar-refractivity contribution < 1.29 is 18.3 Å². The van der Waals surface area contributed by atoms with Gasteiger partial charge < -0.3 is 14.6 Å². The summed E-state index contributed by atoms with van der Waals surface area (Å²) in [4.78, 5) is 21.2. The van der Waals surface area contributed by atoms with E-state index in [0.29, 0.717) is 35.9 Å². The van der Waals surface area contributed by atoms with Gasteiger partial charge >= 0.3 is 0 Å². The standard InChI is InChI=1S/C23H18F2N6O2/c24-17-11-19-16(10-15(17)14-6-7-20(25)26-12-14)23(32)29-21-5-3-4-18(28-21)22-30-27-13-31(22)8-1-2-9-33-19/h3-7,10-13H,1-2,8-9H2,(H,28,29,32). The number of amides is 1. The summed E-state index contributed by atoms with van der Waals surface area (Å²) in [6, 6.07) is 10.3. The van der Waals surface area contributed by atoms with E-state index >= 15 is 0 Å². The number of hydrogen-bond acceptors (Lipinski definition) is 6. The van der Waals surface area contributed by atoms with Gasteiger partial charge in [0.2, 0.25) is 5.95 Å². The van der Waals surface area contributed by atoms with Crippen LogP contribution < -0.4 is 10.1 Å². The molecule has 166 valence electrons. The number of pyridine rings is 2. The van der Waals surface area contributed by atoms with E-state index in [9.17, 15) is 13.6 Å². The third-order valence-corrected chi connectivity index (χ3v) is 5.24. The molecule has 0 aliphatic carbocycles. The lowest BCUT2D eigenvalue weighted by Crippen LogP contribution is -2.16. The molecule has 1 N–H and O–H groups in total. The normalized spacial score (nSPS) is 13.8. The Labute approximate surface area is 187 Å². The monoisotopic (exact) mass is 448 g/mol. The van der Waals surface area contributed by atoms with Crippen LogP contribution in [-0.2, 0) is 6.54 Å². The summed E-state index contributed by atoms with van der Waals surface area (Å²) in [6.07, 6.45) is 4.26. The first-order valence-corrected chi connectivity index (χ1v) is 10.3. The summed E-state index contributed by atoms with van der Waals surface area (Å²) < 4.78 is 35.8. The smallest absolute Gasteiger partial charge is 0.260 e. The molecule has 0 saturated heterocycles. The average Bonchev–Trinajstić information content (AvgIpc) is 3.28. The Morgan fingerprint density at radius 1 is 1.06 bits per heavy atom. The zero-order chi connectivity index (χ0) is 22.8. The lowest BCUT2D eigenvalue weighted by molar-refractivity contribution is 0.102. The molecule has 10 heteroatoms. The molecule has 33 heavy (non-hydrogen) atoms. The SMILES string of the molecule is O=C1Nc2cccc(n2)-c2nncn2CCCCOc2cc(F)c(-c3ccc(F)nc3)cc21. The fraction of sp³-hybridized carbons (Fsp3) is 0.174. The number of carbonyl (C=O) groups excluding carboxylic acids is 1. The summed E-state index contributed by atoms with van der Waals surface area (Å²) in [7, 11) is 0. The highest BCUT2D eigenvalue weighted by Crippen LogP contribution is 2.31. The Kier molecular flexibility index (Phi) is 5.47. The number of nitrogens with one attached hydrogen (secondary N) is 1. The fourth-order valence-electron chi connectivity index (χ4n) is 3.60. The Morgan fingerprint density at radius 2 is 1.97 bits per heavy atom. The first kappa shape index (κ1) is 20.7. The number of ether oxygens (including phenoxy) is 1. The number of carbonyl (C=O) groups is 1. The molecule has 0 radical (unpaired) electrons. The predicted molar refractivity (Wildman–Crippen MR) is 116 cm³/mol. The fourth-order valence-corrected chi connectivity index (χ4v) is 3.60. The Hall–Kier alpha value is -4.21. The molecule has 3 aromatic heterocycles. The first-order valence-electron chi connectivity index (χ1n) is 10.3. The Balaban J connectivity index is 1.56. The van der Waals surface area contributed by atoms with Crippen LogP contribution in [0.1, 0.15) is 23.2 Å². The first-order chi connectivity index (χ1) is 16.1. The van der Waals surface area contributed by atoms with Crippen LogP contribution in [0.15, 0.2) is 55.0 Å². The number of anilines is 1. The van der Waals surface area contributed by atoms with Crippen LogP contribution >= 0.6 is 0 Å². The zero-order valence-electron chi connectivity index (χ0n) is 17.3. The van der Waals surface area contributed by atoms with Crippen molar-refractivity contribution in [2.75, 3.05) is 11.9 Å². The molecule has 0 unspecified atom stereocenters. The molecule has 2 bridgehead atoms. The molecule has 0 saturated carbocycles. The molecule has 4 heterocycles. The van der Waals surface area contributed by atoms with Gasteiger partial charge in [-0.3, -0.25) is 4.79 Å². The zero-order valence-corrected chi connectivity index (χ0v) is 17.3. The quantitative estimate of drug-likeness (QED) is 0.441. The molecule has 0 fully saturated rings. The molecule has 1 aliphatic heterocycles. The number of aromatic nitrogens is 5. The minimum absolute atomic E-state index is 0.107. The maximum Gasteiger partial charge on any atom is 0.260 e. The number of nitrogens with zero attached hydrogens (tertiary/aromatic N) is 5. The van der Waals surface area contributed by atoms with Crippen LogP contribution in [-0.4, -0.2) is 37.2 Å². The van der Waals surface area contributed by atoms with Crippen LogP contribution in [0, 0.1) is 11.8 Å². The van der Waals surface area contributed by atoms with E-state index in [-0.39, 0.29) is 23.5 Å². The molecule has 1 amide bonds. The van der Waals surface area contributed by atoms with Crippen molar-refractivity contribution in [1.29, 1.82) is 0 Å². The number of rotatable bonds is 1. The van der Waals surface area contributed by atoms with Crippen molar-refractivity contribution in [2.45, 2.75) is 19.4 Å². The lowest BCUT2D eigenvalue weighted by Gasteiger charge is -2.15. The summed E-state index contributed by atoms with van der Waals surface area (Å²) in [5.41, 5.74) is 1.14. The van der Waals surface area contributed by atoms with Gasteiger partial charge in [-0.05, 0) is 43.2 Å². The molecule has 1 aromatic carbocycles. The second-order valence-electron chi connectivity index (χ2n) is 7.46.